The molecule has 4 nitrogen and oxygen atoms in total. The summed E-state index contributed by atoms with van der Waals surface area (Å²) >= 11 is 0. The molecule has 4 unspecified atom stereocenters. The number of hydrogen-bond acceptors (Lipinski definition) is 2. The van der Waals surface area contributed by atoms with Crippen molar-refractivity contribution in [3.05, 3.63) is 0 Å². The number of carbonyl (C=O) groups is 2. The summed E-state index contributed by atoms with van der Waals surface area (Å²) in [6.07, 6.45) is 2.40. The fourth-order valence-electron chi connectivity index (χ4n) is 2.90. The molecule has 0 bridgehead atoms. The first-order valence-corrected chi connectivity index (χ1v) is 7.95. The van der Waals surface area contributed by atoms with Gasteiger partial charge in [0.25, 0.3) is 0 Å². The maximum absolute atomic E-state index is 12.7. The fourth-order valence-corrected chi connectivity index (χ4v) is 2.90. The van der Waals surface area contributed by atoms with E-state index in [1.54, 1.807) is 0 Å². The van der Waals surface area contributed by atoms with Gasteiger partial charge in [0, 0.05) is 6.04 Å². The monoisotopic (exact) mass is 282 g/mol. The molecule has 0 radical (unpaired) electrons. The van der Waals surface area contributed by atoms with E-state index in [1.807, 2.05) is 11.8 Å². The Kier molecular flexibility index (Phi) is 6.03. The standard InChI is InChI=1S/C16H30N2O2/c1-7-11(5)12(6)18-14(8-2)15(19)17-13(16(18)20)9-10(3)4/h10-14H,7-9H2,1-6H3,(H,17,19). The lowest BCUT2D eigenvalue weighted by Crippen LogP contribution is -2.66. The number of carbonyl (C=O) groups excluding carboxylic acids is 2. The molecule has 0 aliphatic carbocycles. The molecule has 0 aromatic heterocycles. The lowest BCUT2D eigenvalue weighted by atomic mass is 9.92. The largest absolute Gasteiger partial charge is 0.342 e. The Labute approximate surface area is 123 Å². The number of nitrogens with one attached hydrogen (secondary N) is 1. The number of rotatable bonds is 6. The highest BCUT2D eigenvalue weighted by molar-refractivity contribution is 5.97. The van der Waals surface area contributed by atoms with E-state index in [4.69, 9.17) is 0 Å². The van der Waals surface area contributed by atoms with Gasteiger partial charge in [-0.3, -0.25) is 9.59 Å². The lowest BCUT2D eigenvalue weighted by Gasteiger charge is -2.44. The van der Waals surface area contributed by atoms with Crippen LogP contribution in [0.15, 0.2) is 0 Å². The van der Waals surface area contributed by atoms with E-state index in [0.29, 0.717) is 24.7 Å². The molecule has 20 heavy (non-hydrogen) atoms. The number of nitrogens with zero attached hydrogens (tertiary/aromatic N) is 1. The quantitative estimate of drug-likeness (QED) is 0.814. The van der Waals surface area contributed by atoms with Crippen molar-refractivity contribution in [2.45, 2.75) is 78.9 Å². The second-order valence-electron chi connectivity index (χ2n) is 6.49. The van der Waals surface area contributed by atoms with E-state index in [-0.39, 0.29) is 29.9 Å². The van der Waals surface area contributed by atoms with Gasteiger partial charge in [-0.05, 0) is 31.6 Å². The maximum atomic E-state index is 12.7. The van der Waals surface area contributed by atoms with Crippen LogP contribution >= 0.6 is 0 Å². The molecule has 116 valence electrons. The van der Waals surface area contributed by atoms with Crippen molar-refractivity contribution in [1.29, 1.82) is 0 Å². The molecular formula is C16H30N2O2. The normalized spacial score (nSPS) is 26.6. The van der Waals surface area contributed by atoms with Crippen molar-refractivity contribution >= 4 is 11.8 Å². The summed E-state index contributed by atoms with van der Waals surface area (Å²) in [5.41, 5.74) is 0. The molecular weight excluding hydrogens is 252 g/mol. The Balaban J connectivity index is 3.00. The second-order valence-corrected chi connectivity index (χ2v) is 6.49. The fraction of sp³-hybridized carbons (Fsp3) is 0.875. The van der Waals surface area contributed by atoms with E-state index in [2.05, 4.69) is 39.9 Å². The average Bonchev–Trinajstić information content (AvgIpc) is 2.39. The van der Waals surface area contributed by atoms with Crippen LogP contribution in [0.5, 0.6) is 0 Å². The van der Waals surface area contributed by atoms with Gasteiger partial charge in [-0.1, -0.05) is 41.0 Å². The molecule has 1 N–H and O–H groups in total. The topological polar surface area (TPSA) is 49.4 Å². The Morgan fingerprint density at radius 3 is 2.20 bits per heavy atom. The van der Waals surface area contributed by atoms with Gasteiger partial charge in [0.05, 0.1) is 0 Å². The summed E-state index contributed by atoms with van der Waals surface area (Å²) in [6.45, 7) is 12.5. The summed E-state index contributed by atoms with van der Waals surface area (Å²) in [7, 11) is 0. The van der Waals surface area contributed by atoms with Crippen LogP contribution in [0.1, 0.15) is 60.8 Å². The third kappa shape index (κ3) is 3.53. The van der Waals surface area contributed by atoms with E-state index in [1.165, 1.54) is 0 Å². The first-order chi connectivity index (χ1) is 9.33. The number of piperazine rings is 1. The molecule has 0 saturated carbocycles. The van der Waals surface area contributed by atoms with E-state index >= 15 is 0 Å². The third-order valence-corrected chi connectivity index (χ3v) is 4.51. The molecule has 0 aromatic rings. The molecule has 1 aliphatic rings. The van der Waals surface area contributed by atoms with Crippen LogP contribution in [-0.2, 0) is 9.59 Å². The minimum absolute atomic E-state index is 0.00732. The molecule has 1 fully saturated rings. The van der Waals surface area contributed by atoms with Crippen LogP contribution in [0.2, 0.25) is 0 Å². The number of hydrogen-bond donors (Lipinski definition) is 1. The van der Waals surface area contributed by atoms with Crippen LogP contribution in [-0.4, -0.2) is 34.8 Å². The highest BCUT2D eigenvalue weighted by atomic mass is 16.2. The van der Waals surface area contributed by atoms with Gasteiger partial charge in [-0.25, -0.2) is 0 Å². The second kappa shape index (κ2) is 7.09. The molecule has 4 heteroatoms. The molecule has 4 atom stereocenters. The van der Waals surface area contributed by atoms with Crippen molar-refractivity contribution in [2.24, 2.45) is 11.8 Å². The summed E-state index contributed by atoms with van der Waals surface area (Å²) in [5.74, 6) is 0.896. The zero-order chi connectivity index (χ0) is 15.4. The van der Waals surface area contributed by atoms with Gasteiger partial charge in [-0.2, -0.15) is 0 Å². The van der Waals surface area contributed by atoms with Crippen molar-refractivity contribution in [2.75, 3.05) is 0 Å². The zero-order valence-electron chi connectivity index (χ0n) is 13.8. The Bertz CT molecular complexity index is 354. The van der Waals surface area contributed by atoms with Gasteiger partial charge < -0.3 is 10.2 Å². The first-order valence-electron chi connectivity index (χ1n) is 7.95. The van der Waals surface area contributed by atoms with Crippen molar-refractivity contribution in [3.63, 3.8) is 0 Å². The zero-order valence-corrected chi connectivity index (χ0v) is 13.8. The van der Waals surface area contributed by atoms with E-state index in [9.17, 15) is 9.59 Å². The number of amides is 2. The SMILES string of the molecule is CCC(C)C(C)N1C(=O)C(CC(C)C)NC(=O)C1CC. The van der Waals surface area contributed by atoms with E-state index in [0.717, 1.165) is 6.42 Å². The Hall–Kier alpha value is -1.06. The molecule has 1 rings (SSSR count). The lowest BCUT2D eigenvalue weighted by molar-refractivity contribution is -0.153. The predicted molar refractivity (Wildman–Crippen MR) is 81.2 cm³/mol. The van der Waals surface area contributed by atoms with Crippen LogP contribution in [0.25, 0.3) is 0 Å². The van der Waals surface area contributed by atoms with Crippen molar-refractivity contribution in [3.8, 4) is 0 Å². The van der Waals surface area contributed by atoms with Crippen LogP contribution in [0.4, 0.5) is 0 Å². The highest BCUT2D eigenvalue weighted by Gasteiger charge is 2.42. The van der Waals surface area contributed by atoms with Crippen LogP contribution < -0.4 is 5.32 Å². The molecule has 0 aromatic carbocycles. The first kappa shape index (κ1) is 17.0. The molecule has 1 saturated heterocycles. The Morgan fingerprint density at radius 1 is 1.15 bits per heavy atom. The van der Waals surface area contributed by atoms with Crippen molar-refractivity contribution in [1.82, 2.24) is 10.2 Å². The summed E-state index contributed by atoms with van der Waals surface area (Å²) in [5, 5.41) is 2.91. The Morgan fingerprint density at radius 2 is 1.75 bits per heavy atom. The minimum atomic E-state index is -0.350. The average molecular weight is 282 g/mol. The molecule has 2 amide bonds. The smallest absolute Gasteiger partial charge is 0.246 e. The van der Waals surface area contributed by atoms with Crippen LogP contribution in [0.3, 0.4) is 0 Å². The van der Waals surface area contributed by atoms with Gasteiger partial charge in [0.15, 0.2) is 0 Å². The summed E-state index contributed by atoms with van der Waals surface area (Å²) in [4.78, 5) is 26.9. The third-order valence-electron chi connectivity index (χ3n) is 4.51. The minimum Gasteiger partial charge on any atom is -0.342 e. The van der Waals surface area contributed by atoms with Crippen LogP contribution in [0, 0.1) is 11.8 Å². The van der Waals surface area contributed by atoms with Crippen molar-refractivity contribution < 1.29 is 9.59 Å². The maximum Gasteiger partial charge on any atom is 0.246 e. The van der Waals surface area contributed by atoms with Gasteiger partial charge in [0.1, 0.15) is 12.1 Å². The van der Waals surface area contributed by atoms with Gasteiger partial charge >= 0.3 is 0 Å². The summed E-state index contributed by atoms with van der Waals surface area (Å²) in [6, 6.07) is -0.551. The summed E-state index contributed by atoms with van der Waals surface area (Å²) < 4.78 is 0. The molecule has 1 aliphatic heterocycles. The van der Waals surface area contributed by atoms with E-state index < -0.39 is 0 Å². The predicted octanol–water partition coefficient (Wildman–Crippen LogP) is 2.57. The molecule has 0 spiro atoms. The highest BCUT2D eigenvalue weighted by Crippen LogP contribution is 2.24. The van der Waals surface area contributed by atoms with Gasteiger partial charge in [-0.15, -0.1) is 0 Å². The molecule has 1 heterocycles. The van der Waals surface area contributed by atoms with Gasteiger partial charge in [0.2, 0.25) is 11.8 Å².